The summed E-state index contributed by atoms with van der Waals surface area (Å²) in [5.41, 5.74) is 0.744. The number of piperidine rings is 1. The minimum absolute atomic E-state index is 0.205. The Kier molecular flexibility index (Phi) is 5.03. The highest BCUT2D eigenvalue weighted by Crippen LogP contribution is 2.40. The first-order valence-electron chi connectivity index (χ1n) is 9.65. The number of alkyl halides is 3. The minimum atomic E-state index is -4.42. The molecule has 2 aliphatic rings. The van der Waals surface area contributed by atoms with Crippen molar-refractivity contribution in [2.24, 2.45) is 5.92 Å². The van der Waals surface area contributed by atoms with Crippen LogP contribution in [0, 0.1) is 5.92 Å². The number of nitrogens with one attached hydrogen (secondary N) is 1. The van der Waals surface area contributed by atoms with E-state index in [1.807, 2.05) is 9.80 Å². The number of hydrogen-bond acceptors (Lipinski definition) is 3. The SMILES string of the molecule is O=C1CCCN1CC1CCN(c2ccc(-c3cn[nH]c3)cc2C(F)(F)F)CC1. The number of benzene rings is 1. The summed E-state index contributed by atoms with van der Waals surface area (Å²) in [5.74, 6) is 0.564. The van der Waals surface area contributed by atoms with E-state index in [-0.39, 0.29) is 11.6 Å². The molecule has 1 aromatic carbocycles. The predicted molar refractivity (Wildman–Crippen MR) is 99.8 cm³/mol. The molecule has 0 atom stereocenters. The lowest BCUT2D eigenvalue weighted by Crippen LogP contribution is -2.39. The van der Waals surface area contributed by atoms with Gasteiger partial charge >= 0.3 is 6.18 Å². The monoisotopic (exact) mass is 392 g/mol. The Labute approximate surface area is 161 Å². The second-order valence-corrected chi connectivity index (χ2v) is 7.59. The summed E-state index contributed by atoms with van der Waals surface area (Å²) < 4.78 is 41.2. The molecule has 4 rings (SSSR count). The summed E-state index contributed by atoms with van der Waals surface area (Å²) in [7, 11) is 0. The van der Waals surface area contributed by atoms with Gasteiger partial charge in [-0.25, -0.2) is 0 Å². The molecule has 0 radical (unpaired) electrons. The fourth-order valence-corrected chi connectivity index (χ4v) is 4.19. The summed E-state index contributed by atoms with van der Waals surface area (Å²) in [5, 5.41) is 6.45. The Bertz CT molecular complexity index is 826. The third kappa shape index (κ3) is 3.86. The van der Waals surface area contributed by atoms with E-state index in [1.165, 1.54) is 12.3 Å². The quantitative estimate of drug-likeness (QED) is 0.858. The largest absolute Gasteiger partial charge is 0.418 e. The molecular formula is C20H23F3N4O. The van der Waals surface area contributed by atoms with Gasteiger partial charge in [-0.05, 0) is 42.9 Å². The van der Waals surface area contributed by atoms with Crippen molar-refractivity contribution in [2.45, 2.75) is 31.9 Å². The van der Waals surface area contributed by atoms with E-state index < -0.39 is 11.7 Å². The van der Waals surface area contributed by atoms with Gasteiger partial charge in [0.05, 0.1) is 11.8 Å². The van der Waals surface area contributed by atoms with Crippen molar-refractivity contribution >= 4 is 11.6 Å². The number of rotatable bonds is 4. The third-order valence-electron chi connectivity index (χ3n) is 5.74. The highest BCUT2D eigenvalue weighted by atomic mass is 19.4. The maximum absolute atomic E-state index is 13.7. The van der Waals surface area contributed by atoms with Gasteiger partial charge in [0.25, 0.3) is 0 Å². The van der Waals surface area contributed by atoms with E-state index in [0.717, 1.165) is 32.4 Å². The summed E-state index contributed by atoms with van der Waals surface area (Å²) in [6, 6.07) is 4.48. The normalized spacial score (nSPS) is 18.9. The van der Waals surface area contributed by atoms with E-state index in [2.05, 4.69) is 10.2 Å². The molecule has 0 aliphatic carbocycles. The van der Waals surface area contributed by atoms with Gasteiger partial charge in [0.2, 0.25) is 5.91 Å². The number of aromatic nitrogens is 2. The summed E-state index contributed by atoms with van der Waals surface area (Å²) in [6.45, 7) is 2.69. The molecule has 2 aliphatic heterocycles. The van der Waals surface area contributed by atoms with Crippen LogP contribution in [0.25, 0.3) is 11.1 Å². The number of likely N-dealkylation sites (tertiary alicyclic amines) is 1. The van der Waals surface area contributed by atoms with Gasteiger partial charge in [-0.3, -0.25) is 9.89 Å². The van der Waals surface area contributed by atoms with Gasteiger partial charge in [0.15, 0.2) is 0 Å². The van der Waals surface area contributed by atoms with E-state index in [4.69, 9.17) is 0 Å². The van der Waals surface area contributed by atoms with Crippen LogP contribution < -0.4 is 4.90 Å². The number of aromatic amines is 1. The molecule has 3 heterocycles. The molecule has 0 saturated carbocycles. The predicted octanol–water partition coefficient (Wildman–Crippen LogP) is 3.93. The number of halogens is 3. The van der Waals surface area contributed by atoms with Crippen molar-refractivity contribution in [3.8, 4) is 11.1 Å². The molecule has 2 fully saturated rings. The topological polar surface area (TPSA) is 52.2 Å². The Morgan fingerprint density at radius 1 is 1.14 bits per heavy atom. The number of H-pyrrole nitrogens is 1. The fourth-order valence-electron chi connectivity index (χ4n) is 4.19. The highest BCUT2D eigenvalue weighted by Gasteiger charge is 2.36. The van der Waals surface area contributed by atoms with Crippen LogP contribution in [0.4, 0.5) is 18.9 Å². The van der Waals surface area contributed by atoms with Crippen LogP contribution in [0.15, 0.2) is 30.6 Å². The average Bonchev–Trinajstić information content (AvgIpc) is 3.34. The van der Waals surface area contributed by atoms with Crippen LogP contribution in [0.3, 0.4) is 0 Å². The molecule has 0 spiro atoms. The number of nitrogens with zero attached hydrogens (tertiary/aromatic N) is 3. The van der Waals surface area contributed by atoms with E-state index in [1.54, 1.807) is 18.3 Å². The lowest BCUT2D eigenvalue weighted by molar-refractivity contribution is -0.137. The number of carbonyl (C=O) groups is 1. The molecule has 28 heavy (non-hydrogen) atoms. The third-order valence-corrected chi connectivity index (χ3v) is 5.74. The van der Waals surface area contributed by atoms with Crippen molar-refractivity contribution in [1.82, 2.24) is 15.1 Å². The fraction of sp³-hybridized carbons (Fsp3) is 0.500. The van der Waals surface area contributed by atoms with Crippen molar-refractivity contribution in [3.63, 3.8) is 0 Å². The standard InChI is InChI=1S/C20H23F3N4O/c21-20(22,23)17-10-15(16-11-24-25-12-16)3-4-18(17)26-8-5-14(6-9-26)13-27-7-1-2-19(27)28/h3-4,10-12,14H,1-2,5-9,13H2,(H,24,25). The van der Waals surface area contributed by atoms with E-state index in [0.29, 0.717) is 36.6 Å². The molecule has 2 aromatic rings. The Balaban J connectivity index is 1.49. The van der Waals surface area contributed by atoms with Crippen LogP contribution in [-0.4, -0.2) is 47.2 Å². The van der Waals surface area contributed by atoms with Gasteiger partial charge in [-0.2, -0.15) is 18.3 Å². The lowest BCUT2D eigenvalue weighted by atomic mass is 9.94. The summed E-state index contributed by atoms with van der Waals surface area (Å²) in [6.07, 6.45) is 1.80. The maximum atomic E-state index is 13.7. The first kappa shape index (κ1) is 18.8. The number of carbonyl (C=O) groups excluding carboxylic acids is 1. The molecule has 0 unspecified atom stereocenters. The van der Waals surface area contributed by atoms with Crippen LogP contribution in [0.1, 0.15) is 31.2 Å². The van der Waals surface area contributed by atoms with Crippen molar-refractivity contribution in [3.05, 3.63) is 36.2 Å². The zero-order valence-electron chi connectivity index (χ0n) is 15.5. The number of amides is 1. The molecule has 2 saturated heterocycles. The molecular weight excluding hydrogens is 369 g/mol. The second-order valence-electron chi connectivity index (χ2n) is 7.59. The first-order valence-corrected chi connectivity index (χ1v) is 9.65. The number of hydrogen-bond donors (Lipinski definition) is 1. The average molecular weight is 392 g/mol. The molecule has 8 heteroatoms. The maximum Gasteiger partial charge on any atom is 0.418 e. The van der Waals surface area contributed by atoms with Gasteiger partial charge in [-0.1, -0.05) is 6.07 Å². The van der Waals surface area contributed by atoms with E-state index >= 15 is 0 Å². The van der Waals surface area contributed by atoms with Crippen LogP contribution in [-0.2, 0) is 11.0 Å². The second kappa shape index (κ2) is 7.48. The van der Waals surface area contributed by atoms with E-state index in [9.17, 15) is 18.0 Å². The molecule has 5 nitrogen and oxygen atoms in total. The minimum Gasteiger partial charge on any atom is -0.371 e. The van der Waals surface area contributed by atoms with Gasteiger partial charge in [0.1, 0.15) is 0 Å². The number of anilines is 1. The molecule has 150 valence electrons. The van der Waals surface area contributed by atoms with Crippen molar-refractivity contribution in [2.75, 3.05) is 31.1 Å². The van der Waals surface area contributed by atoms with Crippen LogP contribution in [0.2, 0.25) is 0 Å². The summed E-state index contributed by atoms with van der Waals surface area (Å²) >= 11 is 0. The smallest absolute Gasteiger partial charge is 0.371 e. The van der Waals surface area contributed by atoms with Crippen LogP contribution >= 0.6 is 0 Å². The molecule has 1 aromatic heterocycles. The Hall–Kier alpha value is -2.51. The molecule has 0 bridgehead atoms. The molecule has 1 N–H and O–H groups in total. The van der Waals surface area contributed by atoms with Crippen molar-refractivity contribution in [1.29, 1.82) is 0 Å². The lowest BCUT2D eigenvalue weighted by Gasteiger charge is -2.36. The summed E-state index contributed by atoms with van der Waals surface area (Å²) in [4.78, 5) is 15.5. The zero-order chi connectivity index (χ0) is 19.7. The van der Waals surface area contributed by atoms with Crippen LogP contribution in [0.5, 0.6) is 0 Å². The van der Waals surface area contributed by atoms with Gasteiger partial charge in [-0.15, -0.1) is 0 Å². The van der Waals surface area contributed by atoms with Crippen molar-refractivity contribution < 1.29 is 18.0 Å². The Morgan fingerprint density at radius 3 is 2.54 bits per heavy atom. The Morgan fingerprint density at radius 2 is 1.93 bits per heavy atom. The first-order chi connectivity index (χ1) is 13.4. The zero-order valence-corrected chi connectivity index (χ0v) is 15.5. The van der Waals surface area contributed by atoms with Gasteiger partial charge in [0, 0.05) is 50.0 Å². The van der Waals surface area contributed by atoms with Gasteiger partial charge < -0.3 is 9.80 Å². The molecule has 1 amide bonds. The highest BCUT2D eigenvalue weighted by molar-refractivity contribution is 5.78.